The molecule has 4 aromatic rings. The van der Waals surface area contributed by atoms with E-state index >= 15 is 0 Å². The van der Waals surface area contributed by atoms with Crippen molar-refractivity contribution in [3.63, 3.8) is 0 Å². The van der Waals surface area contributed by atoms with Crippen LogP contribution in [0, 0.1) is 17.8 Å². The number of hydrogen-bond donors (Lipinski definition) is 4. The number of phenols is 1. The number of thioether (sulfide) groups is 1. The van der Waals surface area contributed by atoms with Gasteiger partial charge in [0.2, 0.25) is 0 Å². The third kappa shape index (κ3) is 15.4. The predicted octanol–water partition coefficient (Wildman–Crippen LogP) is 17.7. The zero-order valence-electron chi connectivity index (χ0n) is 47.3. The number of fused-ring (bicyclic) bond motifs is 4. The standard InChI is InChI=1S/C35H52N2O2S.C30H41NO3/c1-7-10-12-13-14-15-18-22-35(4,5)40-29-23-28(37-24-25(9-3)19-11-8-2)30-31(32(29)36-6)34(39)27-21-17-16-20-26(27)33(30)38;1-5-9-13-20(7-3)17-22-18-25(31-19-21(8-4)14-10-6-2)26-27(28(22)32)30(34)24-16-12-11-15-23(24)29(26)33/h16-17,20-21,23,25,36-37H,7-15,18-19,22,24H2,1-6H3;11-12,15-16,18,20-21,31-32H,5-10,13-14,17,19H2,1-4H3. The predicted molar refractivity (Wildman–Crippen MR) is 314 cm³/mol. The third-order valence-electron chi connectivity index (χ3n) is 15.7. The summed E-state index contributed by atoms with van der Waals surface area (Å²) in [5.74, 6) is 0.885. The van der Waals surface area contributed by atoms with Crippen LogP contribution in [0.1, 0.15) is 260 Å². The van der Waals surface area contributed by atoms with Crippen LogP contribution in [-0.2, 0) is 6.42 Å². The fourth-order valence-electron chi connectivity index (χ4n) is 10.9. The molecule has 2 aliphatic carbocycles. The molecule has 0 aromatic heterocycles. The minimum atomic E-state index is -0.257. The van der Waals surface area contributed by atoms with E-state index in [1.807, 2.05) is 37.0 Å². The van der Waals surface area contributed by atoms with Gasteiger partial charge in [0.25, 0.3) is 0 Å². The van der Waals surface area contributed by atoms with Gasteiger partial charge in [0.05, 0.1) is 27.9 Å². The van der Waals surface area contributed by atoms with Crippen LogP contribution in [0.15, 0.2) is 65.6 Å². The second-order valence-electron chi connectivity index (χ2n) is 21.8. The van der Waals surface area contributed by atoms with Crippen molar-refractivity contribution in [3.05, 3.63) is 111 Å². The maximum atomic E-state index is 13.9. The third-order valence-corrected chi connectivity index (χ3v) is 17.0. The van der Waals surface area contributed by atoms with Gasteiger partial charge in [-0.15, -0.1) is 11.8 Å². The van der Waals surface area contributed by atoms with E-state index < -0.39 is 0 Å². The molecule has 404 valence electrons. The first-order valence-corrected chi connectivity index (χ1v) is 29.9. The van der Waals surface area contributed by atoms with Gasteiger partial charge in [-0.05, 0) is 61.1 Å². The lowest BCUT2D eigenvalue weighted by Crippen LogP contribution is -2.26. The molecule has 4 N–H and O–H groups in total. The molecular formula is C65H93N3O5S. The molecule has 2 aliphatic rings. The molecule has 74 heavy (non-hydrogen) atoms. The molecule has 0 radical (unpaired) electrons. The average molecular weight is 1030 g/mol. The molecule has 0 saturated carbocycles. The number of benzene rings is 4. The second-order valence-corrected chi connectivity index (χ2v) is 23.6. The normalized spacial score (nSPS) is 14.0. The van der Waals surface area contributed by atoms with Crippen molar-refractivity contribution in [2.75, 3.05) is 36.1 Å². The van der Waals surface area contributed by atoms with Gasteiger partial charge in [-0.3, -0.25) is 19.2 Å². The van der Waals surface area contributed by atoms with Crippen LogP contribution in [0.25, 0.3) is 0 Å². The number of aromatic hydroxyl groups is 1. The Bertz CT molecular complexity index is 2490. The molecule has 0 heterocycles. The molecule has 0 fully saturated rings. The molecule has 8 nitrogen and oxygen atoms in total. The van der Waals surface area contributed by atoms with Crippen LogP contribution in [0.4, 0.5) is 17.1 Å². The van der Waals surface area contributed by atoms with Gasteiger partial charge in [-0.2, -0.15) is 0 Å². The van der Waals surface area contributed by atoms with Crippen molar-refractivity contribution in [1.82, 2.24) is 0 Å². The summed E-state index contributed by atoms with van der Waals surface area (Å²) in [5, 5.41) is 21.8. The highest BCUT2D eigenvalue weighted by molar-refractivity contribution is 8.00. The van der Waals surface area contributed by atoms with Crippen LogP contribution in [0.2, 0.25) is 0 Å². The molecule has 0 bridgehead atoms. The van der Waals surface area contributed by atoms with E-state index in [0.717, 1.165) is 92.7 Å². The minimum absolute atomic E-state index is 0.00718. The summed E-state index contributed by atoms with van der Waals surface area (Å²) in [4.78, 5) is 55.9. The highest BCUT2D eigenvalue weighted by Crippen LogP contribution is 2.47. The Kier molecular flexibility index (Phi) is 24.3. The average Bonchev–Trinajstić information content (AvgIpc) is 3.40. The molecule has 0 aliphatic heterocycles. The molecule has 6 rings (SSSR count). The van der Waals surface area contributed by atoms with Crippen molar-refractivity contribution in [2.45, 2.75) is 207 Å². The van der Waals surface area contributed by atoms with Gasteiger partial charge in [0.15, 0.2) is 23.1 Å². The van der Waals surface area contributed by atoms with Crippen molar-refractivity contribution < 1.29 is 24.3 Å². The summed E-state index contributed by atoms with van der Waals surface area (Å²) in [7, 11) is 1.87. The van der Waals surface area contributed by atoms with Crippen molar-refractivity contribution in [2.24, 2.45) is 17.8 Å². The highest BCUT2D eigenvalue weighted by atomic mass is 32.2. The van der Waals surface area contributed by atoms with Crippen LogP contribution in [0.5, 0.6) is 5.75 Å². The van der Waals surface area contributed by atoms with E-state index in [1.165, 1.54) is 70.6 Å². The number of hydrogen-bond acceptors (Lipinski definition) is 9. The van der Waals surface area contributed by atoms with Crippen LogP contribution >= 0.6 is 11.8 Å². The smallest absolute Gasteiger partial charge is 0.198 e. The number of ketones is 4. The van der Waals surface area contributed by atoms with E-state index in [2.05, 4.69) is 84.3 Å². The van der Waals surface area contributed by atoms with Gasteiger partial charge in [-0.1, -0.05) is 220 Å². The molecule has 3 atom stereocenters. The molecule has 9 heteroatoms. The highest BCUT2D eigenvalue weighted by Gasteiger charge is 2.38. The second kappa shape index (κ2) is 30.0. The van der Waals surface area contributed by atoms with E-state index in [-0.39, 0.29) is 39.2 Å². The minimum Gasteiger partial charge on any atom is -0.507 e. The maximum absolute atomic E-state index is 13.9. The van der Waals surface area contributed by atoms with E-state index in [1.54, 1.807) is 36.4 Å². The summed E-state index contributed by atoms with van der Waals surface area (Å²) in [5.41, 5.74) is 6.39. The van der Waals surface area contributed by atoms with Crippen LogP contribution < -0.4 is 16.0 Å². The Hall–Kier alpha value is -4.89. The van der Waals surface area contributed by atoms with Crippen molar-refractivity contribution >= 4 is 52.0 Å². The molecule has 4 aromatic carbocycles. The Labute approximate surface area is 451 Å². The maximum Gasteiger partial charge on any atom is 0.198 e. The lowest BCUT2D eigenvalue weighted by molar-refractivity contribution is 0.0977. The summed E-state index contributed by atoms with van der Waals surface area (Å²) in [6.07, 6.45) is 24.5. The van der Waals surface area contributed by atoms with Crippen molar-refractivity contribution in [1.29, 1.82) is 0 Å². The van der Waals surface area contributed by atoms with Gasteiger partial charge in [-0.25, -0.2) is 0 Å². The van der Waals surface area contributed by atoms with Crippen molar-refractivity contribution in [3.8, 4) is 5.75 Å². The molecule has 0 saturated heterocycles. The number of carbonyl (C=O) groups excluding carboxylic acids is 4. The van der Waals surface area contributed by atoms with Gasteiger partial charge < -0.3 is 21.1 Å². The van der Waals surface area contributed by atoms with E-state index in [4.69, 9.17) is 0 Å². The SMILES string of the molecule is CCCCC(CC)CNc1cc(CC(CC)CCCC)c(O)c2c1C(=O)c1ccccc1C2=O.CCCCCCCCCC(C)(C)Sc1cc(NCC(CC)CCCC)c2c(c1NC)C(=O)c1ccccc1C2=O. The lowest BCUT2D eigenvalue weighted by atomic mass is 9.80. The Morgan fingerprint density at radius 3 is 1.38 bits per heavy atom. The largest absolute Gasteiger partial charge is 0.507 e. The molecule has 0 amide bonds. The summed E-state index contributed by atoms with van der Waals surface area (Å²) >= 11 is 1.83. The fraction of sp³-hybridized carbons (Fsp3) is 0.569. The molecule has 0 spiro atoms. The summed E-state index contributed by atoms with van der Waals surface area (Å²) in [6, 6.07) is 18.3. The molecule has 3 unspecified atom stereocenters. The first-order valence-electron chi connectivity index (χ1n) is 29.0. The number of phenolic OH excluding ortho intramolecular Hbond substituents is 1. The van der Waals surface area contributed by atoms with E-state index in [0.29, 0.717) is 68.8 Å². The summed E-state index contributed by atoms with van der Waals surface area (Å²) < 4.78 is 0.00718. The van der Waals surface area contributed by atoms with E-state index in [9.17, 15) is 24.3 Å². The Morgan fingerprint density at radius 1 is 0.514 bits per heavy atom. The van der Waals surface area contributed by atoms with Crippen LogP contribution in [0.3, 0.4) is 0 Å². The topological polar surface area (TPSA) is 125 Å². The molecular weight excluding hydrogens is 935 g/mol. The lowest BCUT2D eigenvalue weighted by Gasteiger charge is -2.30. The van der Waals surface area contributed by atoms with Gasteiger partial charge >= 0.3 is 0 Å². The summed E-state index contributed by atoms with van der Waals surface area (Å²) in [6.45, 7) is 21.7. The number of nitrogens with one attached hydrogen (secondary N) is 3. The fourth-order valence-corrected chi connectivity index (χ4v) is 12.2. The first kappa shape index (κ1) is 60.0. The quantitative estimate of drug-likeness (QED) is 0.0191. The zero-order chi connectivity index (χ0) is 53.8. The number of unbranched alkanes of at least 4 members (excludes halogenated alkanes) is 9. The monoisotopic (exact) mass is 1030 g/mol. The Balaban J connectivity index is 0.000000278. The van der Waals surface area contributed by atoms with Crippen LogP contribution in [-0.4, -0.2) is 53.1 Å². The number of rotatable bonds is 31. The Morgan fingerprint density at radius 2 is 0.919 bits per heavy atom. The zero-order valence-corrected chi connectivity index (χ0v) is 48.1. The van der Waals surface area contributed by atoms with Gasteiger partial charge in [0.1, 0.15) is 5.75 Å². The van der Waals surface area contributed by atoms with Gasteiger partial charge in [0, 0.05) is 63.4 Å². The first-order chi connectivity index (χ1) is 35.7. The number of carbonyl (C=O) groups is 4. The number of anilines is 3.